The van der Waals surface area contributed by atoms with Crippen LogP contribution in [0.3, 0.4) is 0 Å². The van der Waals surface area contributed by atoms with Crippen molar-refractivity contribution in [2.75, 3.05) is 0 Å². The zero-order valence-corrected chi connectivity index (χ0v) is 11.5. The minimum absolute atomic E-state index is 0.225. The van der Waals surface area contributed by atoms with Crippen molar-refractivity contribution < 1.29 is 19.1 Å². The first kappa shape index (κ1) is 12.3. The van der Waals surface area contributed by atoms with E-state index in [1.54, 1.807) is 30.3 Å². The van der Waals surface area contributed by atoms with Crippen molar-refractivity contribution in [3.05, 3.63) is 44.9 Å². The molecule has 0 aliphatic carbocycles. The molecule has 1 aliphatic rings. The van der Waals surface area contributed by atoms with Crippen LogP contribution in [0.1, 0.15) is 10.4 Å². The minimum atomic E-state index is -1.02. The Balaban J connectivity index is 2.09. The standard InChI is InChI=1S/C11H6Br2O4/c12-7-8(13)11(17-10(7)15)16-9(14)6-4-2-1-3-5-6/h1-5,11H/t11-/m0/s1. The second kappa shape index (κ2) is 5.01. The van der Waals surface area contributed by atoms with E-state index in [1.807, 2.05) is 0 Å². The summed E-state index contributed by atoms with van der Waals surface area (Å²) in [6, 6.07) is 8.46. The molecule has 0 saturated heterocycles. The summed E-state index contributed by atoms with van der Waals surface area (Å²) >= 11 is 6.14. The third-order valence-corrected chi connectivity index (χ3v) is 4.09. The number of carbonyl (C=O) groups is 2. The molecule has 1 heterocycles. The molecule has 17 heavy (non-hydrogen) atoms. The predicted octanol–water partition coefficient (Wildman–Crippen LogP) is 2.73. The van der Waals surface area contributed by atoms with Crippen LogP contribution in [0.15, 0.2) is 39.3 Å². The molecule has 6 heteroatoms. The molecule has 0 spiro atoms. The summed E-state index contributed by atoms with van der Waals surface area (Å²) in [5.74, 6) is -1.12. The van der Waals surface area contributed by atoms with Gasteiger partial charge in [0.25, 0.3) is 6.29 Å². The van der Waals surface area contributed by atoms with Crippen molar-refractivity contribution in [2.45, 2.75) is 6.29 Å². The number of halogens is 2. The largest absolute Gasteiger partial charge is 0.416 e. The van der Waals surface area contributed by atoms with Gasteiger partial charge in [-0.1, -0.05) is 18.2 Å². The van der Waals surface area contributed by atoms with Gasteiger partial charge in [0.15, 0.2) is 0 Å². The molecule has 1 aromatic rings. The average molecular weight is 362 g/mol. The fourth-order valence-electron chi connectivity index (χ4n) is 1.22. The molecule has 0 bridgehead atoms. The number of esters is 2. The van der Waals surface area contributed by atoms with Gasteiger partial charge in [0, 0.05) is 0 Å². The predicted molar refractivity (Wildman–Crippen MR) is 66.6 cm³/mol. The second-order valence-corrected chi connectivity index (χ2v) is 4.82. The molecular weight excluding hydrogens is 356 g/mol. The highest BCUT2D eigenvalue weighted by atomic mass is 79.9. The maximum atomic E-state index is 11.7. The molecule has 1 aliphatic heterocycles. The summed E-state index contributed by atoms with van der Waals surface area (Å²) in [4.78, 5) is 22.9. The normalized spacial score (nSPS) is 19.2. The van der Waals surface area contributed by atoms with Gasteiger partial charge in [0.2, 0.25) is 0 Å². The highest BCUT2D eigenvalue weighted by Crippen LogP contribution is 2.32. The smallest absolute Gasteiger partial charge is 0.349 e. The number of rotatable bonds is 2. The summed E-state index contributed by atoms with van der Waals surface area (Å²) in [7, 11) is 0. The van der Waals surface area contributed by atoms with Crippen molar-refractivity contribution in [1.82, 2.24) is 0 Å². The van der Waals surface area contributed by atoms with E-state index in [1.165, 1.54) is 0 Å². The van der Waals surface area contributed by atoms with Gasteiger partial charge in [0.05, 0.1) is 10.0 Å². The van der Waals surface area contributed by atoms with Crippen LogP contribution in [0.25, 0.3) is 0 Å². The summed E-state index contributed by atoms with van der Waals surface area (Å²) in [5.41, 5.74) is 0.395. The number of hydrogen-bond donors (Lipinski definition) is 0. The minimum Gasteiger partial charge on any atom is -0.416 e. The first-order chi connectivity index (χ1) is 8.09. The lowest BCUT2D eigenvalue weighted by molar-refractivity contribution is -0.151. The zero-order valence-electron chi connectivity index (χ0n) is 8.35. The Kier molecular flexibility index (Phi) is 3.63. The van der Waals surface area contributed by atoms with Gasteiger partial charge < -0.3 is 9.47 Å². The molecule has 0 N–H and O–H groups in total. The van der Waals surface area contributed by atoms with E-state index in [0.717, 1.165) is 0 Å². The maximum Gasteiger partial charge on any atom is 0.349 e. The van der Waals surface area contributed by atoms with E-state index < -0.39 is 18.2 Å². The van der Waals surface area contributed by atoms with Gasteiger partial charge in [-0.05, 0) is 44.0 Å². The Morgan fingerprint density at radius 3 is 2.41 bits per heavy atom. The summed E-state index contributed by atoms with van der Waals surface area (Å²) in [6.07, 6.45) is -1.02. The van der Waals surface area contributed by atoms with Gasteiger partial charge in [-0.25, -0.2) is 9.59 Å². The fraction of sp³-hybridized carbons (Fsp3) is 0.0909. The van der Waals surface area contributed by atoms with Crippen molar-refractivity contribution in [3.63, 3.8) is 0 Å². The lowest BCUT2D eigenvalue weighted by Gasteiger charge is -2.11. The third kappa shape index (κ3) is 2.58. The van der Waals surface area contributed by atoms with Crippen LogP contribution in [-0.2, 0) is 14.3 Å². The van der Waals surface area contributed by atoms with Crippen LogP contribution >= 0.6 is 31.9 Å². The monoisotopic (exact) mass is 360 g/mol. The van der Waals surface area contributed by atoms with Crippen molar-refractivity contribution in [3.8, 4) is 0 Å². The van der Waals surface area contributed by atoms with Crippen molar-refractivity contribution in [2.24, 2.45) is 0 Å². The number of hydrogen-bond acceptors (Lipinski definition) is 4. The van der Waals surface area contributed by atoms with Crippen LogP contribution in [0, 0.1) is 0 Å². The molecule has 1 aromatic carbocycles. The molecule has 0 saturated carbocycles. The van der Waals surface area contributed by atoms with E-state index in [4.69, 9.17) is 9.47 Å². The van der Waals surface area contributed by atoms with E-state index in [-0.39, 0.29) is 4.48 Å². The first-order valence-electron chi connectivity index (χ1n) is 4.62. The molecule has 0 radical (unpaired) electrons. The molecule has 0 unspecified atom stereocenters. The summed E-state index contributed by atoms with van der Waals surface area (Å²) < 4.78 is 10.5. The molecule has 2 rings (SSSR count). The molecule has 0 fully saturated rings. The molecular formula is C11H6Br2O4. The topological polar surface area (TPSA) is 52.6 Å². The lowest BCUT2D eigenvalue weighted by atomic mass is 10.2. The quantitative estimate of drug-likeness (QED) is 0.760. The van der Waals surface area contributed by atoms with Crippen LogP contribution < -0.4 is 0 Å². The number of cyclic esters (lactones) is 1. The van der Waals surface area contributed by atoms with Crippen LogP contribution in [0.4, 0.5) is 0 Å². The lowest BCUT2D eigenvalue weighted by Crippen LogP contribution is -2.19. The SMILES string of the molecule is O=C1O[C@H](OC(=O)c2ccccc2)C(Br)=C1Br. The van der Waals surface area contributed by atoms with Crippen molar-refractivity contribution >= 4 is 43.8 Å². The van der Waals surface area contributed by atoms with Gasteiger partial charge in [-0.2, -0.15) is 0 Å². The van der Waals surface area contributed by atoms with Gasteiger partial charge in [-0.3, -0.25) is 0 Å². The number of benzene rings is 1. The van der Waals surface area contributed by atoms with E-state index in [0.29, 0.717) is 10.0 Å². The Morgan fingerprint density at radius 2 is 1.88 bits per heavy atom. The van der Waals surface area contributed by atoms with Gasteiger partial charge in [0.1, 0.15) is 4.48 Å². The molecule has 4 nitrogen and oxygen atoms in total. The summed E-state index contributed by atoms with van der Waals surface area (Å²) in [6.45, 7) is 0. The van der Waals surface area contributed by atoms with Crippen molar-refractivity contribution in [1.29, 1.82) is 0 Å². The average Bonchev–Trinajstić information content (AvgIpc) is 2.58. The molecule has 1 atom stereocenters. The van der Waals surface area contributed by atoms with Crippen LogP contribution in [0.5, 0.6) is 0 Å². The highest BCUT2D eigenvalue weighted by molar-refractivity contribution is 9.14. The van der Waals surface area contributed by atoms with E-state index in [2.05, 4.69) is 31.9 Å². The highest BCUT2D eigenvalue weighted by Gasteiger charge is 2.34. The second-order valence-electron chi connectivity index (χ2n) is 3.17. The number of ether oxygens (including phenoxy) is 2. The Morgan fingerprint density at radius 1 is 1.24 bits per heavy atom. The molecule has 0 aromatic heterocycles. The maximum absolute atomic E-state index is 11.7. The fourth-order valence-corrected chi connectivity index (χ4v) is 1.85. The third-order valence-electron chi connectivity index (χ3n) is 2.03. The van der Waals surface area contributed by atoms with Crippen LogP contribution in [-0.4, -0.2) is 18.2 Å². The van der Waals surface area contributed by atoms with Gasteiger partial charge in [-0.15, -0.1) is 0 Å². The Hall–Kier alpha value is -1.14. The van der Waals surface area contributed by atoms with E-state index >= 15 is 0 Å². The zero-order chi connectivity index (χ0) is 12.4. The van der Waals surface area contributed by atoms with E-state index in [9.17, 15) is 9.59 Å². The molecule has 0 amide bonds. The van der Waals surface area contributed by atoms with Gasteiger partial charge >= 0.3 is 11.9 Å². The summed E-state index contributed by atoms with van der Waals surface area (Å²) in [5, 5.41) is 0. The molecule has 88 valence electrons. The number of carbonyl (C=O) groups excluding carboxylic acids is 2. The Bertz CT molecular complexity index is 495. The first-order valence-corrected chi connectivity index (χ1v) is 6.20. The Labute approximate surface area is 114 Å². The van der Waals surface area contributed by atoms with Crippen LogP contribution in [0.2, 0.25) is 0 Å².